The second kappa shape index (κ2) is 4.90. The first kappa shape index (κ1) is 10.9. The van der Waals surface area contributed by atoms with Crippen molar-refractivity contribution in [3.8, 4) is 0 Å². The molecule has 1 aromatic rings. The van der Waals surface area contributed by atoms with Gasteiger partial charge in [0.25, 0.3) is 0 Å². The van der Waals surface area contributed by atoms with Crippen molar-refractivity contribution in [3.63, 3.8) is 0 Å². The van der Waals surface area contributed by atoms with Gasteiger partial charge in [-0.15, -0.1) is 0 Å². The number of nitrogens with zero attached hydrogens (tertiary/aromatic N) is 1. The highest BCUT2D eigenvalue weighted by Gasteiger charge is 2.17. The Hall–Kier alpha value is -2.17. The number of hydrogen-bond donors (Lipinski definition) is 1. The normalized spacial score (nSPS) is 10.9. The predicted molar refractivity (Wildman–Crippen MR) is 51.9 cm³/mol. The van der Waals surface area contributed by atoms with Crippen molar-refractivity contribution in [1.29, 1.82) is 0 Å². The van der Waals surface area contributed by atoms with Crippen LogP contribution in [0.2, 0.25) is 0 Å². The van der Waals surface area contributed by atoms with Crippen LogP contribution in [0.1, 0.15) is 5.56 Å². The molecule has 78 valence electrons. The Morgan fingerprint density at radius 1 is 1.53 bits per heavy atom. The van der Waals surface area contributed by atoms with Gasteiger partial charge in [-0.25, -0.2) is 9.59 Å². The number of rotatable bonds is 3. The number of carbonyl (C=O) groups is 2. The predicted octanol–water partition coefficient (Wildman–Crippen LogP) is 0.723. The SMILES string of the molecule is COC(=O)/C(=C\c1cccnc1)C(=O)O. The summed E-state index contributed by atoms with van der Waals surface area (Å²) in [5.74, 6) is -2.21. The summed E-state index contributed by atoms with van der Waals surface area (Å²) in [5, 5.41) is 8.75. The highest BCUT2D eigenvalue weighted by Crippen LogP contribution is 2.06. The van der Waals surface area contributed by atoms with Crippen molar-refractivity contribution in [2.75, 3.05) is 7.11 Å². The molecule has 15 heavy (non-hydrogen) atoms. The van der Waals surface area contributed by atoms with Crippen LogP contribution >= 0.6 is 0 Å². The summed E-state index contributed by atoms with van der Waals surface area (Å²) < 4.78 is 4.34. The fourth-order valence-corrected chi connectivity index (χ4v) is 0.946. The molecule has 0 atom stereocenters. The van der Waals surface area contributed by atoms with Gasteiger partial charge < -0.3 is 9.84 Å². The number of carboxylic acid groups (broad SMARTS) is 1. The highest BCUT2D eigenvalue weighted by molar-refractivity contribution is 6.16. The van der Waals surface area contributed by atoms with E-state index in [0.29, 0.717) is 5.56 Å². The van der Waals surface area contributed by atoms with Crippen molar-refractivity contribution in [1.82, 2.24) is 4.98 Å². The van der Waals surface area contributed by atoms with Gasteiger partial charge in [0.15, 0.2) is 0 Å². The molecule has 5 heteroatoms. The first-order chi connectivity index (χ1) is 7.15. The van der Waals surface area contributed by atoms with Crippen LogP contribution in [0.25, 0.3) is 6.08 Å². The molecule has 0 unspecified atom stereocenters. The Morgan fingerprint density at radius 3 is 2.73 bits per heavy atom. The largest absolute Gasteiger partial charge is 0.477 e. The van der Waals surface area contributed by atoms with E-state index >= 15 is 0 Å². The number of ether oxygens (including phenoxy) is 1. The molecule has 0 fully saturated rings. The van der Waals surface area contributed by atoms with Gasteiger partial charge in [0, 0.05) is 12.4 Å². The number of hydrogen-bond acceptors (Lipinski definition) is 4. The lowest BCUT2D eigenvalue weighted by Crippen LogP contribution is -2.13. The molecule has 0 aliphatic heterocycles. The smallest absolute Gasteiger partial charge is 0.345 e. The summed E-state index contributed by atoms with van der Waals surface area (Å²) in [6.07, 6.45) is 4.21. The molecule has 1 N–H and O–H groups in total. The van der Waals surface area contributed by atoms with E-state index in [0.717, 1.165) is 7.11 Å². The average Bonchev–Trinajstić information content (AvgIpc) is 2.26. The Labute approximate surface area is 86.0 Å². The lowest BCUT2D eigenvalue weighted by Gasteiger charge is -1.99. The quantitative estimate of drug-likeness (QED) is 0.342. The second-order valence-corrected chi connectivity index (χ2v) is 2.64. The van der Waals surface area contributed by atoms with Crippen LogP contribution in [-0.4, -0.2) is 29.1 Å². The van der Waals surface area contributed by atoms with E-state index in [-0.39, 0.29) is 0 Å². The van der Waals surface area contributed by atoms with Crippen molar-refractivity contribution in [2.24, 2.45) is 0 Å². The van der Waals surface area contributed by atoms with E-state index < -0.39 is 17.5 Å². The molecule has 0 bridgehead atoms. The van der Waals surface area contributed by atoms with Gasteiger partial charge in [0.2, 0.25) is 0 Å². The van der Waals surface area contributed by atoms with Crippen LogP contribution in [-0.2, 0) is 14.3 Å². The molecule has 1 heterocycles. The van der Waals surface area contributed by atoms with Gasteiger partial charge >= 0.3 is 11.9 Å². The zero-order valence-electron chi connectivity index (χ0n) is 8.01. The molecule has 0 aliphatic rings. The minimum absolute atomic E-state index is 0.425. The molecule has 0 saturated carbocycles. The highest BCUT2D eigenvalue weighted by atomic mass is 16.5. The van der Waals surface area contributed by atoms with Gasteiger partial charge in [0.1, 0.15) is 5.57 Å². The first-order valence-electron chi connectivity index (χ1n) is 4.08. The third-order valence-electron chi connectivity index (χ3n) is 1.63. The second-order valence-electron chi connectivity index (χ2n) is 2.64. The minimum atomic E-state index is -1.33. The summed E-state index contributed by atoms with van der Waals surface area (Å²) in [5.41, 5.74) is 0.103. The monoisotopic (exact) mass is 207 g/mol. The molecule has 0 saturated heterocycles. The van der Waals surface area contributed by atoms with E-state index in [2.05, 4.69) is 9.72 Å². The van der Waals surface area contributed by atoms with Crippen molar-refractivity contribution in [2.45, 2.75) is 0 Å². The van der Waals surface area contributed by atoms with Gasteiger partial charge in [-0.05, 0) is 17.7 Å². The Kier molecular flexibility index (Phi) is 3.56. The lowest BCUT2D eigenvalue weighted by molar-refractivity contribution is -0.142. The Bertz CT molecular complexity index is 397. The standard InChI is InChI=1S/C10H9NO4/c1-15-10(14)8(9(12)13)5-7-3-2-4-11-6-7/h2-6H,1H3,(H,12,13)/b8-5-. The molecule has 1 aromatic heterocycles. The molecule has 0 amide bonds. The number of aliphatic carboxylic acids is 1. The molecule has 0 aromatic carbocycles. The van der Waals surface area contributed by atoms with Gasteiger partial charge in [-0.3, -0.25) is 4.98 Å². The van der Waals surface area contributed by atoms with Crippen molar-refractivity contribution >= 4 is 18.0 Å². The van der Waals surface area contributed by atoms with Gasteiger partial charge in [0.05, 0.1) is 7.11 Å². The van der Waals surface area contributed by atoms with Gasteiger partial charge in [-0.2, -0.15) is 0 Å². The summed E-state index contributed by atoms with van der Waals surface area (Å²) in [4.78, 5) is 25.6. The van der Waals surface area contributed by atoms with Crippen LogP contribution in [0.3, 0.4) is 0 Å². The zero-order chi connectivity index (χ0) is 11.3. The third kappa shape index (κ3) is 2.91. The number of pyridine rings is 1. The summed E-state index contributed by atoms with van der Waals surface area (Å²) >= 11 is 0. The van der Waals surface area contributed by atoms with E-state index in [9.17, 15) is 9.59 Å². The maximum Gasteiger partial charge on any atom is 0.345 e. The van der Waals surface area contributed by atoms with E-state index in [1.165, 1.54) is 12.3 Å². The maximum atomic E-state index is 11.1. The molecule has 0 spiro atoms. The van der Waals surface area contributed by atoms with Crippen LogP contribution in [0.5, 0.6) is 0 Å². The molecule has 0 aliphatic carbocycles. The minimum Gasteiger partial charge on any atom is -0.477 e. The van der Waals surface area contributed by atoms with E-state index in [4.69, 9.17) is 5.11 Å². The van der Waals surface area contributed by atoms with Crippen molar-refractivity contribution < 1.29 is 19.4 Å². The fourth-order valence-electron chi connectivity index (χ4n) is 0.946. The molecule has 0 radical (unpaired) electrons. The molecule has 1 rings (SSSR count). The first-order valence-corrected chi connectivity index (χ1v) is 4.08. The number of methoxy groups -OCH3 is 1. The molecular formula is C10H9NO4. The lowest BCUT2D eigenvalue weighted by atomic mass is 10.2. The third-order valence-corrected chi connectivity index (χ3v) is 1.63. The fraction of sp³-hybridized carbons (Fsp3) is 0.100. The Balaban J connectivity index is 3.05. The zero-order valence-corrected chi connectivity index (χ0v) is 8.01. The number of aromatic nitrogens is 1. The Morgan fingerprint density at radius 2 is 2.27 bits per heavy atom. The summed E-state index contributed by atoms with van der Waals surface area (Å²) in [6, 6.07) is 3.28. The van der Waals surface area contributed by atoms with Gasteiger partial charge in [-0.1, -0.05) is 6.07 Å². The molecular weight excluding hydrogens is 198 g/mol. The number of carboxylic acids is 1. The van der Waals surface area contributed by atoms with Crippen LogP contribution in [0, 0.1) is 0 Å². The van der Waals surface area contributed by atoms with E-state index in [1.54, 1.807) is 18.3 Å². The average molecular weight is 207 g/mol. The van der Waals surface area contributed by atoms with Crippen molar-refractivity contribution in [3.05, 3.63) is 35.7 Å². The van der Waals surface area contributed by atoms with Crippen LogP contribution in [0.4, 0.5) is 0 Å². The maximum absolute atomic E-state index is 11.1. The number of carbonyl (C=O) groups excluding carboxylic acids is 1. The van der Waals surface area contributed by atoms with Crippen LogP contribution < -0.4 is 0 Å². The molecule has 5 nitrogen and oxygen atoms in total. The summed E-state index contributed by atoms with van der Waals surface area (Å²) in [7, 11) is 1.13. The number of esters is 1. The topological polar surface area (TPSA) is 76.5 Å². The van der Waals surface area contributed by atoms with Crippen LogP contribution in [0.15, 0.2) is 30.1 Å². The summed E-state index contributed by atoms with van der Waals surface area (Å²) in [6.45, 7) is 0. The van der Waals surface area contributed by atoms with E-state index in [1.807, 2.05) is 0 Å².